The molecule has 0 atom stereocenters. The Morgan fingerprint density at radius 2 is 2.00 bits per heavy atom. The molecule has 1 aromatic heterocycles. The van der Waals surface area contributed by atoms with Crippen molar-refractivity contribution in [1.29, 1.82) is 0 Å². The highest BCUT2D eigenvalue weighted by Crippen LogP contribution is 2.03. The first-order chi connectivity index (χ1) is 9.86. The van der Waals surface area contributed by atoms with Gasteiger partial charge in [-0.25, -0.2) is 4.98 Å². The summed E-state index contributed by atoms with van der Waals surface area (Å²) < 4.78 is 15.8. The zero-order chi connectivity index (χ0) is 14.5. The number of aromatic nitrogens is 2. The maximum atomic E-state index is 5.44. The number of methoxy groups -OCH3 is 1. The van der Waals surface area contributed by atoms with Crippen molar-refractivity contribution in [1.82, 2.24) is 15.3 Å². The molecule has 1 heterocycles. The van der Waals surface area contributed by atoms with Gasteiger partial charge in [0.1, 0.15) is 6.61 Å². The molecule has 0 saturated heterocycles. The van der Waals surface area contributed by atoms with E-state index >= 15 is 0 Å². The van der Waals surface area contributed by atoms with Gasteiger partial charge in [-0.05, 0) is 19.4 Å². The van der Waals surface area contributed by atoms with Crippen LogP contribution in [0.15, 0.2) is 12.4 Å². The van der Waals surface area contributed by atoms with Crippen LogP contribution in [-0.2, 0) is 16.0 Å². The molecule has 0 saturated carbocycles. The monoisotopic (exact) mass is 283 g/mol. The quantitative estimate of drug-likeness (QED) is 0.585. The molecular formula is C14H25N3O3. The minimum Gasteiger partial charge on any atom is -0.474 e. The van der Waals surface area contributed by atoms with Crippen molar-refractivity contribution in [2.45, 2.75) is 26.3 Å². The summed E-state index contributed by atoms with van der Waals surface area (Å²) in [6, 6.07) is 0. The van der Waals surface area contributed by atoms with Crippen LogP contribution in [0.25, 0.3) is 0 Å². The third-order valence-electron chi connectivity index (χ3n) is 2.53. The summed E-state index contributed by atoms with van der Waals surface area (Å²) in [5.74, 6) is 0.532. The van der Waals surface area contributed by atoms with Crippen molar-refractivity contribution in [3.63, 3.8) is 0 Å². The lowest BCUT2D eigenvalue weighted by Gasteiger charge is -2.07. The Hall–Kier alpha value is -1.24. The fraction of sp³-hybridized carbons (Fsp3) is 0.714. The van der Waals surface area contributed by atoms with Crippen molar-refractivity contribution in [3.8, 4) is 5.88 Å². The minimum absolute atomic E-state index is 0.481. The molecule has 1 N–H and O–H groups in total. The minimum atomic E-state index is 0.481. The van der Waals surface area contributed by atoms with Gasteiger partial charge in [-0.3, -0.25) is 4.98 Å². The molecule has 0 fully saturated rings. The Morgan fingerprint density at radius 1 is 1.10 bits per heavy atom. The van der Waals surface area contributed by atoms with Gasteiger partial charge in [-0.2, -0.15) is 0 Å². The molecule has 6 nitrogen and oxygen atoms in total. The summed E-state index contributed by atoms with van der Waals surface area (Å²) in [6.07, 6.45) is 5.39. The van der Waals surface area contributed by atoms with Crippen LogP contribution < -0.4 is 10.1 Å². The summed E-state index contributed by atoms with van der Waals surface area (Å²) in [4.78, 5) is 8.49. The van der Waals surface area contributed by atoms with Crippen LogP contribution in [0.2, 0.25) is 0 Å². The molecule has 1 aromatic rings. The summed E-state index contributed by atoms with van der Waals surface area (Å²) >= 11 is 0. The highest BCUT2D eigenvalue weighted by atomic mass is 16.5. The summed E-state index contributed by atoms with van der Waals surface area (Å²) in [7, 11) is 1.68. The largest absolute Gasteiger partial charge is 0.474 e. The Bertz CT molecular complexity index is 333. The molecule has 1 rings (SSSR count). The van der Waals surface area contributed by atoms with Gasteiger partial charge >= 0.3 is 0 Å². The Morgan fingerprint density at radius 3 is 2.70 bits per heavy atom. The van der Waals surface area contributed by atoms with Gasteiger partial charge in [-0.15, -0.1) is 0 Å². The van der Waals surface area contributed by atoms with Crippen LogP contribution in [0, 0.1) is 0 Å². The Kier molecular flexibility index (Phi) is 9.73. The number of rotatable bonds is 12. The molecule has 0 aliphatic heterocycles. The highest BCUT2D eigenvalue weighted by Gasteiger charge is 1.98. The Labute approximate surface area is 120 Å². The lowest BCUT2D eigenvalue weighted by Crippen LogP contribution is -2.15. The van der Waals surface area contributed by atoms with Gasteiger partial charge in [0, 0.05) is 26.9 Å². The van der Waals surface area contributed by atoms with E-state index in [0.29, 0.717) is 25.7 Å². The first kappa shape index (κ1) is 16.8. The lowest BCUT2D eigenvalue weighted by molar-refractivity contribution is 0.0794. The van der Waals surface area contributed by atoms with Crippen molar-refractivity contribution in [2.75, 3.05) is 40.1 Å². The molecule has 0 aromatic carbocycles. The summed E-state index contributed by atoms with van der Waals surface area (Å²) in [5, 5.41) is 3.27. The topological polar surface area (TPSA) is 65.5 Å². The molecule has 114 valence electrons. The molecule has 0 aliphatic carbocycles. The van der Waals surface area contributed by atoms with Gasteiger partial charge in [0.25, 0.3) is 0 Å². The maximum absolute atomic E-state index is 5.44. The molecular weight excluding hydrogens is 258 g/mol. The zero-order valence-electron chi connectivity index (χ0n) is 12.4. The van der Waals surface area contributed by atoms with E-state index in [1.54, 1.807) is 19.5 Å². The molecule has 6 heteroatoms. The van der Waals surface area contributed by atoms with Gasteiger partial charge in [0.15, 0.2) is 0 Å². The smallest absolute Gasteiger partial charge is 0.232 e. The van der Waals surface area contributed by atoms with Crippen LogP contribution in [0.1, 0.15) is 25.5 Å². The van der Waals surface area contributed by atoms with E-state index in [1.165, 1.54) is 0 Å². The number of nitrogens with one attached hydrogen (secondary N) is 1. The first-order valence-corrected chi connectivity index (χ1v) is 7.08. The van der Waals surface area contributed by atoms with Gasteiger partial charge in [-0.1, -0.05) is 6.92 Å². The van der Waals surface area contributed by atoms with Crippen molar-refractivity contribution < 1.29 is 14.2 Å². The fourth-order valence-electron chi connectivity index (χ4n) is 1.51. The fourth-order valence-corrected chi connectivity index (χ4v) is 1.51. The molecule has 0 spiro atoms. The number of hydrogen-bond acceptors (Lipinski definition) is 6. The predicted octanol–water partition coefficient (Wildman–Crippen LogP) is 1.41. The second kappa shape index (κ2) is 11.6. The molecule has 0 radical (unpaired) electrons. The molecule has 0 amide bonds. The normalized spacial score (nSPS) is 10.7. The van der Waals surface area contributed by atoms with E-state index in [-0.39, 0.29) is 0 Å². The Balaban J connectivity index is 2.08. The predicted molar refractivity (Wildman–Crippen MR) is 76.8 cm³/mol. The van der Waals surface area contributed by atoms with E-state index < -0.39 is 0 Å². The summed E-state index contributed by atoms with van der Waals surface area (Å²) in [5.41, 5.74) is 0.918. The first-order valence-electron chi connectivity index (χ1n) is 7.08. The molecule has 20 heavy (non-hydrogen) atoms. The average molecular weight is 283 g/mol. The van der Waals surface area contributed by atoms with Crippen molar-refractivity contribution >= 4 is 0 Å². The summed E-state index contributed by atoms with van der Waals surface area (Å²) in [6.45, 7) is 6.29. The van der Waals surface area contributed by atoms with Crippen molar-refractivity contribution in [3.05, 3.63) is 18.1 Å². The molecule has 0 aliphatic rings. The standard InChI is InChI=1S/C14H25N3O3/c1-3-5-15-10-13-11-17-14(12-16-13)20-9-8-19-7-4-6-18-2/h11-12,15H,3-10H2,1-2H3. The number of hydrogen-bond donors (Lipinski definition) is 1. The van der Waals surface area contributed by atoms with E-state index in [4.69, 9.17) is 14.2 Å². The van der Waals surface area contributed by atoms with Crippen molar-refractivity contribution in [2.24, 2.45) is 0 Å². The third-order valence-corrected chi connectivity index (χ3v) is 2.53. The van der Waals surface area contributed by atoms with E-state index in [0.717, 1.165) is 38.2 Å². The second-order valence-corrected chi connectivity index (χ2v) is 4.33. The van der Waals surface area contributed by atoms with Gasteiger partial charge in [0.2, 0.25) is 5.88 Å². The number of ether oxygens (including phenoxy) is 3. The third kappa shape index (κ3) is 8.04. The van der Waals surface area contributed by atoms with Crippen LogP contribution in [-0.4, -0.2) is 50.1 Å². The van der Waals surface area contributed by atoms with Crippen LogP contribution in [0.4, 0.5) is 0 Å². The zero-order valence-corrected chi connectivity index (χ0v) is 12.4. The van der Waals surface area contributed by atoms with E-state index in [1.807, 2.05) is 0 Å². The highest BCUT2D eigenvalue weighted by molar-refractivity contribution is 5.07. The number of nitrogens with zero attached hydrogens (tertiary/aromatic N) is 2. The van der Waals surface area contributed by atoms with Crippen LogP contribution >= 0.6 is 0 Å². The maximum Gasteiger partial charge on any atom is 0.232 e. The van der Waals surface area contributed by atoms with E-state index in [2.05, 4.69) is 22.2 Å². The van der Waals surface area contributed by atoms with Gasteiger partial charge < -0.3 is 19.5 Å². The average Bonchev–Trinajstić information content (AvgIpc) is 2.48. The second-order valence-electron chi connectivity index (χ2n) is 4.33. The lowest BCUT2D eigenvalue weighted by atomic mass is 10.4. The van der Waals surface area contributed by atoms with Gasteiger partial charge in [0.05, 0.1) is 24.7 Å². The van der Waals surface area contributed by atoms with Crippen LogP contribution in [0.5, 0.6) is 5.88 Å². The SMILES string of the molecule is CCCNCc1cnc(OCCOCCCOC)cn1. The van der Waals surface area contributed by atoms with E-state index in [9.17, 15) is 0 Å². The molecule has 0 unspecified atom stereocenters. The molecule has 0 bridgehead atoms. The van der Waals surface area contributed by atoms with Crippen LogP contribution in [0.3, 0.4) is 0 Å².